The van der Waals surface area contributed by atoms with Gasteiger partial charge in [0.2, 0.25) is 5.91 Å². The summed E-state index contributed by atoms with van der Waals surface area (Å²) in [6.07, 6.45) is 3.31. The molecule has 0 saturated heterocycles. The van der Waals surface area contributed by atoms with Crippen LogP contribution >= 0.6 is 11.8 Å². The van der Waals surface area contributed by atoms with Gasteiger partial charge < -0.3 is 5.32 Å². The largest absolute Gasteiger partial charge is 0.358 e. The Labute approximate surface area is 152 Å². The fraction of sp³-hybridized carbons (Fsp3) is 0.526. The van der Waals surface area contributed by atoms with Gasteiger partial charge in [-0.05, 0) is 30.4 Å². The molecule has 1 aromatic carbocycles. The molecule has 5 nitrogen and oxygen atoms in total. The van der Waals surface area contributed by atoms with Gasteiger partial charge in [0.05, 0.1) is 16.7 Å². The number of nitrogens with one attached hydrogen (secondary N) is 1. The minimum absolute atomic E-state index is 0.0101. The van der Waals surface area contributed by atoms with Gasteiger partial charge in [-0.3, -0.25) is 14.2 Å². The highest BCUT2D eigenvalue weighted by Crippen LogP contribution is 2.38. The number of hydrogen-bond donors (Lipinski definition) is 1. The van der Waals surface area contributed by atoms with E-state index >= 15 is 0 Å². The number of aromatic nitrogens is 2. The molecular formula is C19H25N3O2S. The third-order valence-electron chi connectivity index (χ3n) is 5.38. The number of rotatable bonds is 4. The lowest BCUT2D eigenvalue weighted by atomic mass is 9.78. The van der Waals surface area contributed by atoms with E-state index in [1.807, 2.05) is 28.8 Å². The summed E-state index contributed by atoms with van der Waals surface area (Å²) in [7, 11) is 1.62. The molecule has 0 radical (unpaired) electrons. The summed E-state index contributed by atoms with van der Waals surface area (Å²) in [6.45, 7) is 4.48. The quantitative estimate of drug-likeness (QED) is 0.672. The van der Waals surface area contributed by atoms with Crippen molar-refractivity contribution in [2.24, 2.45) is 11.8 Å². The first-order chi connectivity index (χ1) is 12.0. The zero-order valence-corrected chi connectivity index (χ0v) is 15.8. The van der Waals surface area contributed by atoms with E-state index < -0.39 is 0 Å². The van der Waals surface area contributed by atoms with Gasteiger partial charge in [0.1, 0.15) is 0 Å². The van der Waals surface area contributed by atoms with Gasteiger partial charge in [0.25, 0.3) is 5.56 Å². The number of carbonyl (C=O) groups is 1. The molecule has 1 amide bonds. The zero-order chi connectivity index (χ0) is 18.0. The summed E-state index contributed by atoms with van der Waals surface area (Å²) in [5.74, 6) is 1.18. The van der Waals surface area contributed by atoms with Crippen LogP contribution in [0, 0.1) is 11.8 Å². The van der Waals surface area contributed by atoms with Gasteiger partial charge in [-0.2, -0.15) is 0 Å². The Morgan fingerprint density at radius 1 is 1.32 bits per heavy atom. The van der Waals surface area contributed by atoms with E-state index in [1.54, 1.807) is 7.05 Å². The van der Waals surface area contributed by atoms with Crippen LogP contribution < -0.4 is 10.9 Å². The summed E-state index contributed by atoms with van der Waals surface area (Å²) in [6, 6.07) is 7.60. The van der Waals surface area contributed by atoms with Gasteiger partial charge in [0.15, 0.2) is 5.16 Å². The molecule has 134 valence electrons. The van der Waals surface area contributed by atoms with Crippen LogP contribution in [0.3, 0.4) is 0 Å². The second-order valence-corrected chi connectivity index (χ2v) is 7.83. The summed E-state index contributed by atoms with van der Waals surface area (Å²) >= 11 is 1.35. The van der Waals surface area contributed by atoms with Crippen molar-refractivity contribution in [2.45, 2.75) is 44.3 Å². The normalized spacial score (nSPS) is 23.6. The SMILES string of the molecule is CNC(=O)CSc1nc2ccccc2c(=O)n1[C@@H]1CCC[C@@H](C)[C@H]1C. The van der Waals surface area contributed by atoms with E-state index in [2.05, 4.69) is 19.2 Å². The van der Waals surface area contributed by atoms with Crippen molar-refractivity contribution in [3.63, 3.8) is 0 Å². The van der Waals surface area contributed by atoms with Crippen molar-refractivity contribution < 1.29 is 4.79 Å². The molecule has 0 spiro atoms. The Hall–Kier alpha value is -1.82. The van der Waals surface area contributed by atoms with Crippen molar-refractivity contribution in [3.05, 3.63) is 34.6 Å². The van der Waals surface area contributed by atoms with E-state index in [9.17, 15) is 9.59 Å². The van der Waals surface area contributed by atoms with Crippen LogP contribution in [0.15, 0.2) is 34.2 Å². The number of amides is 1. The number of fused-ring (bicyclic) bond motifs is 1. The van der Waals surface area contributed by atoms with Gasteiger partial charge in [-0.1, -0.05) is 50.6 Å². The highest BCUT2D eigenvalue weighted by Gasteiger charge is 2.31. The lowest BCUT2D eigenvalue weighted by Crippen LogP contribution is -2.35. The van der Waals surface area contributed by atoms with Gasteiger partial charge in [0, 0.05) is 13.1 Å². The molecule has 1 heterocycles. The molecule has 3 atom stereocenters. The Kier molecular flexibility index (Phi) is 5.47. The van der Waals surface area contributed by atoms with Crippen LogP contribution in [-0.4, -0.2) is 28.3 Å². The van der Waals surface area contributed by atoms with Crippen molar-refractivity contribution in [1.29, 1.82) is 0 Å². The maximum atomic E-state index is 13.2. The number of carbonyl (C=O) groups excluding carboxylic acids is 1. The fourth-order valence-electron chi connectivity index (χ4n) is 3.64. The molecule has 0 unspecified atom stereocenters. The van der Waals surface area contributed by atoms with E-state index in [4.69, 9.17) is 4.98 Å². The maximum Gasteiger partial charge on any atom is 0.262 e. The molecule has 25 heavy (non-hydrogen) atoms. The van der Waals surface area contributed by atoms with Crippen LogP contribution in [0.4, 0.5) is 0 Å². The van der Waals surface area contributed by atoms with Gasteiger partial charge in [-0.15, -0.1) is 0 Å². The smallest absolute Gasteiger partial charge is 0.262 e. The van der Waals surface area contributed by atoms with Crippen molar-refractivity contribution in [3.8, 4) is 0 Å². The van der Waals surface area contributed by atoms with E-state index in [-0.39, 0.29) is 23.3 Å². The summed E-state index contributed by atoms with van der Waals surface area (Å²) in [4.78, 5) is 29.6. The molecule has 6 heteroatoms. The molecular weight excluding hydrogens is 334 g/mol. The first-order valence-electron chi connectivity index (χ1n) is 8.87. The van der Waals surface area contributed by atoms with E-state index in [1.165, 1.54) is 18.2 Å². The highest BCUT2D eigenvalue weighted by atomic mass is 32.2. The number of para-hydroxylation sites is 1. The highest BCUT2D eigenvalue weighted by molar-refractivity contribution is 7.99. The average Bonchev–Trinajstić information content (AvgIpc) is 2.62. The van der Waals surface area contributed by atoms with Crippen molar-refractivity contribution >= 4 is 28.6 Å². The lowest BCUT2D eigenvalue weighted by molar-refractivity contribution is -0.118. The van der Waals surface area contributed by atoms with Crippen LogP contribution in [0.1, 0.15) is 39.2 Å². The summed E-state index contributed by atoms with van der Waals surface area (Å²) in [5.41, 5.74) is 0.704. The molecule has 3 rings (SSSR count). The standard InChI is InChI=1S/C19H25N3O2S/c1-12-7-6-10-16(13(12)2)22-18(24)14-8-4-5-9-15(14)21-19(22)25-11-17(23)20-3/h4-5,8-9,12-13,16H,6-7,10-11H2,1-3H3,(H,20,23)/t12-,13-,16-/m1/s1. The first-order valence-corrected chi connectivity index (χ1v) is 9.86. The molecule has 1 aromatic heterocycles. The summed E-state index contributed by atoms with van der Waals surface area (Å²) in [5, 5.41) is 3.93. The molecule has 1 fully saturated rings. The first kappa shape index (κ1) is 18.0. The molecule has 1 N–H and O–H groups in total. The molecule has 1 aliphatic rings. The minimum atomic E-state index is -0.0657. The predicted molar refractivity (Wildman–Crippen MR) is 102 cm³/mol. The molecule has 0 aliphatic heterocycles. The minimum Gasteiger partial charge on any atom is -0.358 e. The average molecular weight is 359 g/mol. The predicted octanol–water partition coefficient (Wildman–Crippen LogP) is 3.23. The van der Waals surface area contributed by atoms with E-state index in [0.717, 1.165) is 12.8 Å². The van der Waals surface area contributed by atoms with Crippen LogP contribution in [0.5, 0.6) is 0 Å². The number of hydrogen-bond acceptors (Lipinski definition) is 4. The van der Waals surface area contributed by atoms with Crippen molar-refractivity contribution in [2.75, 3.05) is 12.8 Å². The Morgan fingerprint density at radius 3 is 2.84 bits per heavy atom. The summed E-state index contributed by atoms with van der Waals surface area (Å²) < 4.78 is 1.86. The number of nitrogens with zero attached hydrogens (tertiary/aromatic N) is 2. The molecule has 2 aromatic rings. The van der Waals surface area contributed by atoms with Gasteiger partial charge >= 0.3 is 0 Å². The Balaban J connectivity index is 2.11. The number of benzene rings is 1. The maximum absolute atomic E-state index is 13.2. The van der Waals surface area contributed by atoms with Gasteiger partial charge in [-0.25, -0.2) is 4.98 Å². The Morgan fingerprint density at radius 2 is 2.08 bits per heavy atom. The van der Waals surface area contributed by atoms with Crippen LogP contribution in [0.2, 0.25) is 0 Å². The second kappa shape index (κ2) is 7.60. The topological polar surface area (TPSA) is 64.0 Å². The molecule has 0 bridgehead atoms. The van der Waals surface area contributed by atoms with Crippen LogP contribution in [0.25, 0.3) is 10.9 Å². The second-order valence-electron chi connectivity index (χ2n) is 6.88. The Bertz CT molecular complexity index is 833. The fourth-order valence-corrected chi connectivity index (χ4v) is 4.57. The molecule has 1 saturated carbocycles. The third kappa shape index (κ3) is 3.59. The lowest BCUT2D eigenvalue weighted by Gasteiger charge is -2.36. The molecule has 1 aliphatic carbocycles. The van der Waals surface area contributed by atoms with Crippen LogP contribution in [-0.2, 0) is 4.79 Å². The van der Waals surface area contributed by atoms with Crippen molar-refractivity contribution in [1.82, 2.24) is 14.9 Å². The zero-order valence-electron chi connectivity index (χ0n) is 15.0. The van der Waals surface area contributed by atoms with E-state index in [0.29, 0.717) is 27.9 Å². The monoisotopic (exact) mass is 359 g/mol. The number of thioether (sulfide) groups is 1. The third-order valence-corrected chi connectivity index (χ3v) is 6.33.